The van der Waals surface area contributed by atoms with Crippen molar-refractivity contribution >= 4 is 27.1 Å². The fourth-order valence-electron chi connectivity index (χ4n) is 1.84. The molecule has 0 aromatic carbocycles. The Balaban J connectivity index is 0. The summed E-state index contributed by atoms with van der Waals surface area (Å²) in [5, 5.41) is 8.37. The third kappa shape index (κ3) is 29.0. The molecule has 0 fully saturated rings. The van der Waals surface area contributed by atoms with Crippen molar-refractivity contribution in [3.63, 3.8) is 0 Å². The van der Waals surface area contributed by atoms with Crippen LogP contribution < -0.4 is 0 Å². The monoisotopic (exact) mass is 406 g/mol. The average Bonchev–Trinajstić information content (AvgIpc) is 2.37. The Morgan fingerprint density at radius 2 is 1.43 bits per heavy atom. The van der Waals surface area contributed by atoms with Gasteiger partial charge in [-0.3, -0.25) is 4.79 Å². The molecule has 0 bridgehead atoms. The van der Waals surface area contributed by atoms with Crippen LogP contribution >= 0.6 is 0 Å². The molecule has 0 amide bonds. The summed E-state index contributed by atoms with van der Waals surface area (Å²) in [5.41, 5.74) is 0.392. The van der Waals surface area contributed by atoms with Gasteiger partial charge in [0.1, 0.15) is 0 Å². The Labute approximate surface area is 143 Å². The summed E-state index contributed by atoms with van der Waals surface area (Å²) in [4.78, 5) is 10.2. The van der Waals surface area contributed by atoms with Crippen LogP contribution in [0.4, 0.5) is 0 Å². The summed E-state index contributed by atoms with van der Waals surface area (Å²) in [5.74, 6) is -0.675. The van der Waals surface area contributed by atoms with Gasteiger partial charge in [-0.15, -0.1) is 0 Å². The van der Waals surface area contributed by atoms with Crippen LogP contribution in [0.25, 0.3) is 0 Å². The third-order valence-electron chi connectivity index (χ3n) is 3.23. The van der Waals surface area contributed by atoms with Crippen molar-refractivity contribution in [1.29, 1.82) is 0 Å². The first kappa shape index (κ1) is 23.5. The van der Waals surface area contributed by atoms with E-state index in [-0.39, 0.29) is 21.1 Å². The summed E-state index contributed by atoms with van der Waals surface area (Å²) in [7, 11) is 0. The molecule has 0 atom stereocenters. The molecule has 0 saturated heterocycles. The fraction of sp³-hybridized carbons (Fsp3) is 0.944. The van der Waals surface area contributed by atoms with E-state index in [4.69, 9.17) is 5.11 Å². The van der Waals surface area contributed by atoms with Gasteiger partial charge < -0.3 is 5.11 Å². The van der Waals surface area contributed by atoms with E-state index >= 15 is 0 Å². The molecule has 0 aliphatic rings. The van der Waals surface area contributed by atoms with Crippen molar-refractivity contribution in [3.8, 4) is 0 Å². The minimum atomic E-state index is -0.675. The van der Waals surface area contributed by atoms with Gasteiger partial charge in [-0.1, -0.05) is 33.6 Å². The van der Waals surface area contributed by atoms with Crippen molar-refractivity contribution < 1.29 is 9.90 Å². The van der Waals surface area contributed by atoms with E-state index in [1.165, 1.54) is 32.1 Å². The van der Waals surface area contributed by atoms with Gasteiger partial charge >= 0.3 is 75.5 Å². The first-order valence-electron chi connectivity index (χ1n) is 8.76. The third-order valence-corrected chi connectivity index (χ3v) is 7.27. The van der Waals surface area contributed by atoms with E-state index in [1.54, 1.807) is 8.87 Å². The summed E-state index contributed by atoms with van der Waals surface area (Å²) < 4.78 is 3.25. The SMILES string of the molecule is CC(C)(C)CCCCCC(=O)O.CCC[CH2][Sn][CH2]CCC. The maximum atomic E-state index is 10.2. The van der Waals surface area contributed by atoms with E-state index < -0.39 is 5.97 Å². The molecule has 0 unspecified atom stereocenters. The molecule has 3 heteroatoms. The molecule has 0 aromatic heterocycles. The molecule has 0 spiro atoms. The summed E-state index contributed by atoms with van der Waals surface area (Å²) in [6.07, 6.45) is 10.4. The molecule has 126 valence electrons. The van der Waals surface area contributed by atoms with Gasteiger partial charge in [-0.2, -0.15) is 0 Å². The van der Waals surface area contributed by atoms with Gasteiger partial charge in [0.05, 0.1) is 0 Å². The number of unbranched alkanes of at least 4 members (excludes halogenated alkanes) is 4. The van der Waals surface area contributed by atoms with E-state index in [9.17, 15) is 4.79 Å². The average molecular weight is 405 g/mol. The molecule has 0 saturated carbocycles. The van der Waals surface area contributed by atoms with E-state index in [2.05, 4.69) is 34.6 Å². The van der Waals surface area contributed by atoms with E-state index in [1.807, 2.05) is 0 Å². The zero-order chi connectivity index (χ0) is 16.6. The number of hydrogen-bond acceptors (Lipinski definition) is 1. The van der Waals surface area contributed by atoms with E-state index in [0.29, 0.717) is 11.8 Å². The van der Waals surface area contributed by atoms with Gasteiger partial charge in [-0.25, -0.2) is 0 Å². The van der Waals surface area contributed by atoms with Crippen LogP contribution in [0, 0.1) is 5.41 Å². The Morgan fingerprint density at radius 3 is 1.81 bits per heavy atom. The number of aliphatic carboxylic acids is 1. The van der Waals surface area contributed by atoms with Crippen LogP contribution in [-0.4, -0.2) is 32.2 Å². The van der Waals surface area contributed by atoms with Crippen LogP contribution in [-0.2, 0) is 4.79 Å². The topological polar surface area (TPSA) is 37.3 Å². The number of hydrogen-bond donors (Lipinski definition) is 1. The molecular formula is C18H38O2Sn. The first-order chi connectivity index (χ1) is 9.83. The molecule has 1 N–H and O–H groups in total. The summed E-state index contributed by atoms with van der Waals surface area (Å²) >= 11 is 0.149. The predicted octanol–water partition coefficient (Wildman–Crippen LogP) is 6.20. The Morgan fingerprint density at radius 1 is 0.905 bits per heavy atom. The van der Waals surface area contributed by atoms with Crippen LogP contribution in [0.5, 0.6) is 0 Å². The minimum absolute atomic E-state index is 0.149. The zero-order valence-electron chi connectivity index (χ0n) is 15.1. The molecule has 0 aliphatic carbocycles. The Bertz CT molecular complexity index is 216. The second kappa shape index (κ2) is 16.6. The van der Waals surface area contributed by atoms with Crippen molar-refractivity contribution in [2.24, 2.45) is 5.41 Å². The molecule has 0 aromatic rings. The Hall–Kier alpha value is 0.269. The number of rotatable bonds is 11. The standard InChI is InChI=1S/C10H20O2.2C4H9.Sn/c1-10(2,3)8-6-4-5-7-9(11)12;2*1-3-4-2;/h4-8H2,1-3H3,(H,11,12);2*1,3-4H2,2H3;. The molecule has 21 heavy (non-hydrogen) atoms. The maximum absolute atomic E-state index is 10.2. The zero-order valence-corrected chi connectivity index (χ0v) is 18.0. The first-order valence-corrected chi connectivity index (χ1v) is 12.8. The number of carbonyl (C=O) groups is 1. The van der Waals surface area contributed by atoms with Crippen LogP contribution in [0.2, 0.25) is 8.87 Å². The predicted molar refractivity (Wildman–Crippen MR) is 95.4 cm³/mol. The van der Waals surface area contributed by atoms with Gasteiger partial charge in [0, 0.05) is 6.42 Å². The molecule has 2 radical (unpaired) electrons. The second-order valence-corrected chi connectivity index (χ2v) is 11.3. The van der Waals surface area contributed by atoms with Crippen LogP contribution in [0.1, 0.15) is 92.4 Å². The fourth-order valence-corrected chi connectivity index (χ4v) is 6.00. The van der Waals surface area contributed by atoms with Crippen LogP contribution in [0.3, 0.4) is 0 Å². The normalized spacial score (nSPS) is 10.9. The molecular weight excluding hydrogens is 367 g/mol. The summed E-state index contributed by atoms with van der Waals surface area (Å²) in [6, 6.07) is 0. The van der Waals surface area contributed by atoms with Gasteiger partial charge in [0.2, 0.25) is 0 Å². The van der Waals surface area contributed by atoms with Crippen molar-refractivity contribution in [2.45, 2.75) is 101 Å². The van der Waals surface area contributed by atoms with Crippen LogP contribution in [0.15, 0.2) is 0 Å². The van der Waals surface area contributed by atoms with Gasteiger partial charge in [-0.05, 0) is 18.3 Å². The van der Waals surface area contributed by atoms with Crippen molar-refractivity contribution in [1.82, 2.24) is 0 Å². The second-order valence-electron chi connectivity index (χ2n) is 6.97. The summed E-state index contributed by atoms with van der Waals surface area (Å²) in [6.45, 7) is 11.2. The van der Waals surface area contributed by atoms with Crippen molar-refractivity contribution in [2.75, 3.05) is 0 Å². The molecule has 0 rings (SSSR count). The van der Waals surface area contributed by atoms with Gasteiger partial charge in [0.25, 0.3) is 0 Å². The Kier molecular flexibility index (Phi) is 18.6. The van der Waals surface area contributed by atoms with E-state index in [0.717, 1.165) is 19.3 Å². The van der Waals surface area contributed by atoms with Crippen molar-refractivity contribution in [3.05, 3.63) is 0 Å². The molecule has 0 heterocycles. The quantitative estimate of drug-likeness (QED) is 0.329. The molecule has 0 aliphatic heterocycles. The number of carboxylic acid groups (broad SMARTS) is 1. The molecule has 2 nitrogen and oxygen atoms in total. The number of carboxylic acids is 1. The van der Waals surface area contributed by atoms with Gasteiger partial charge in [0.15, 0.2) is 0 Å².